The van der Waals surface area contributed by atoms with Crippen LogP contribution in [0.3, 0.4) is 0 Å². The van der Waals surface area contributed by atoms with Crippen molar-refractivity contribution >= 4 is 27.1 Å². The lowest BCUT2D eigenvalue weighted by atomic mass is 10.1. The van der Waals surface area contributed by atoms with Crippen molar-refractivity contribution in [1.29, 1.82) is 0 Å². The second-order valence-corrected chi connectivity index (χ2v) is 7.08. The van der Waals surface area contributed by atoms with Gasteiger partial charge in [-0.05, 0) is 25.1 Å². The molecule has 1 saturated heterocycles. The van der Waals surface area contributed by atoms with Gasteiger partial charge < -0.3 is 16.0 Å². The van der Waals surface area contributed by atoms with E-state index < -0.39 is 9.84 Å². The minimum absolute atomic E-state index is 0.143. The lowest BCUT2D eigenvalue weighted by Crippen LogP contribution is -2.40. The van der Waals surface area contributed by atoms with E-state index >= 15 is 0 Å². The highest BCUT2D eigenvalue weighted by Gasteiger charge is 2.23. The first-order valence-corrected chi connectivity index (χ1v) is 8.38. The minimum Gasteiger partial charge on any atom is -0.397 e. The van der Waals surface area contributed by atoms with Crippen molar-refractivity contribution in [3.8, 4) is 0 Å². The van der Waals surface area contributed by atoms with Crippen LogP contribution in [0.2, 0.25) is 0 Å². The maximum atomic E-state index is 11.7. The highest BCUT2D eigenvalue weighted by molar-refractivity contribution is 7.91. The monoisotopic (exact) mass is 297 g/mol. The van der Waals surface area contributed by atoms with Crippen molar-refractivity contribution in [1.82, 2.24) is 5.32 Å². The van der Waals surface area contributed by atoms with Gasteiger partial charge in [-0.2, -0.15) is 0 Å². The number of carbonyl (C=O) groups excluding carboxylic acids is 1. The van der Waals surface area contributed by atoms with Crippen LogP contribution in [0.4, 0.5) is 11.4 Å². The summed E-state index contributed by atoms with van der Waals surface area (Å²) in [6, 6.07) is 5.11. The number of nitrogen functional groups attached to an aromatic ring is 1. The molecule has 1 aromatic carbocycles. The second-order valence-electron chi connectivity index (χ2n) is 4.77. The first kappa shape index (κ1) is 14.6. The van der Waals surface area contributed by atoms with Gasteiger partial charge >= 0.3 is 0 Å². The SMILES string of the molecule is CCNC(=O)c1ccc(N2CCS(=O)(=O)CC2)c(N)c1. The fourth-order valence-electron chi connectivity index (χ4n) is 2.20. The predicted octanol–water partition coefficient (Wildman–Crippen LogP) is 0.253. The summed E-state index contributed by atoms with van der Waals surface area (Å²) in [7, 11) is -2.91. The number of benzene rings is 1. The number of amides is 1. The Morgan fingerprint density at radius 1 is 1.35 bits per heavy atom. The summed E-state index contributed by atoms with van der Waals surface area (Å²) in [5.41, 5.74) is 7.77. The maximum absolute atomic E-state index is 11.7. The van der Waals surface area contributed by atoms with Gasteiger partial charge in [0.25, 0.3) is 5.91 Å². The van der Waals surface area contributed by atoms with E-state index in [1.165, 1.54) is 0 Å². The van der Waals surface area contributed by atoms with Gasteiger partial charge in [0.15, 0.2) is 9.84 Å². The Morgan fingerprint density at radius 2 is 2.00 bits per heavy atom. The lowest BCUT2D eigenvalue weighted by molar-refractivity contribution is 0.0956. The highest BCUT2D eigenvalue weighted by Crippen LogP contribution is 2.25. The highest BCUT2D eigenvalue weighted by atomic mass is 32.2. The van der Waals surface area contributed by atoms with E-state index in [1.807, 2.05) is 11.8 Å². The molecule has 1 fully saturated rings. The Balaban J connectivity index is 2.16. The van der Waals surface area contributed by atoms with Crippen LogP contribution >= 0.6 is 0 Å². The van der Waals surface area contributed by atoms with E-state index in [9.17, 15) is 13.2 Å². The van der Waals surface area contributed by atoms with Crippen LogP contribution in [0.1, 0.15) is 17.3 Å². The summed E-state index contributed by atoms with van der Waals surface area (Å²) < 4.78 is 22.8. The molecule has 7 heteroatoms. The molecule has 1 aromatic rings. The average Bonchev–Trinajstić information content (AvgIpc) is 2.39. The van der Waals surface area contributed by atoms with Crippen molar-refractivity contribution in [2.75, 3.05) is 41.8 Å². The zero-order valence-corrected chi connectivity index (χ0v) is 12.2. The minimum atomic E-state index is -2.91. The van der Waals surface area contributed by atoms with Gasteiger partial charge in [0.05, 0.1) is 22.9 Å². The number of nitrogens with one attached hydrogen (secondary N) is 1. The smallest absolute Gasteiger partial charge is 0.251 e. The van der Waals surface area contributed by atoms with E-state index in [4.69, 9.17) is 5.73 Å². The van der Waals surface area contributed by atoms with Crippen molar-refractivity contribution in [3.63, 3.8) is 0 Å². The summed E-state index contributed by atoms with van der Waals surface area (Å²) in [6.45, 7) is 3.29. The van der Waals surface area contributed by atoms with Gasteiger partial charge in [-0.1, -0.05) is 0 Å². The molecule has 0 atom stereocenters. The normalized spacial score (nSPS) is 17.8. The Morgan fingerprint density at radius 3 is 2.55 bits per heavy atom. The first-order valence-electron chi connectivity index (χ1n) is 6.56. The number of sulfone groups is 1. The summed E-state index contributed by atoms with van der Waals surface area (Å²) in [5, 5.41) is 2.71. The van der Waals surface area contributed by atoms with Gasteiger partial charge in [-0.15, -0.1) is 0 Å². The molecule has 0 spiro atoms. The topological polar surface area (TPSA) is 92.5 Å². The number of nitrogens with zero attached hydrogens (tertiary/aromatic N) is 1. The third kappa shape index (κ3) is 3.22. The van der Waals surface area contributed by atoms with E-state index in [2.05, 4.69) is 5.32 Å². The van der Waals surface area contributed by atoms with Crippen LogP contribution in [0.15, 0.2) is 18.2 Å². The van der Waals surface area contributed by atoms with Gasteiger partial charge in [0, 0.05) is 25.2 Å². The zero-order chi connectivity index (χ0) is 14.8. The summed E-state index contributed by atoms with van der Waals surface area (Å²) in [6.07, 6.45) is 0. The Hall–Kier alpha value is -1.76. The van der Waals surface area contributed by atoms with Gasteiger partial charge in [-0.25, -0.2) is 8.42 Å². The van der Waals surface area contributed by atoms with Crippen molar-refractivity contribution in [2.24, 2.45) is 0 Å². The largest absolute Gasteiger partial charge is 0.397 e. The molecule has 0 aliphatic carbocycles. The third-order valence-electron chi connectivity index (χ3n) is 3.31. The fourth-order valence-corrected chi connectivity index (χ4v) is 3.40. The van der Waals surface area contributed by atoms with E-state index in [-0.39, 0.29) is 17.4 Å². The van der Waals surface area contributed by atoms with Crippen LogP contribution in [0, 0.1) is 0 Å². The summed E-state index contributed by atoms with van der Waals surface area (Å²) >= 11 is 0. The maximum Gasteiger partial charge on any atom is 0.251 e. The van der Waals surface area contributed by atoms with Gasteiger partial charge in [0.1, 0.15) is 0 Å². The quantitative estimate of drug-likeness (QED) is 0.780. The number of hydrogen-bond donors (Lipinski definition) is 2. The molecule has 1 heterocycles. The molecule has 0 saturated carbocycles. The summed E-state index contributed by atoms with van der Waals surface area (Å²) in [5.74, 6) is 0.127. The number of rotatable bonds is 3. The zero-order valence-electron chi connectivity index (χ0n) is 11.4. The van der Waals surface area contributed by atoms with Crippen LogP contribution in [-0.2, 0) is 9.84 Å². The van der Waals surface area contributed by atoms with E-state index in [1.54, 1.807) is 18.2 Å². The van der Waals surface area contributed by atoms with Gasteiger partial charge in [-0.3, -0.25) is 4.79 Å². The molecule has 3 N–H and O–H groups in total. The van der Waals surface area contributed by atoms with Crippen LogP contribution in [0.5, 0.6) is 0 Å². The van der Waals surface area contributed by atoms with Crippen LogP contribution in [0.25, 0.3) is 0 Å². The molecule has 0 aromatic heterocycles. The van der Waals surface area contributed by atoms with Crippen molar-refractivity contribution in [2.45, 2.75) is 6.92 Å². The Kier molecular flexibility index (Phi) is 4.17. The number of anilines is 2. The van der Waals surface area contributed by atoms with Crippen molar-refractivity contribution in [3.05, 3.63) is 23.8 Å². The van der Waals surface area contributed by atoms with E-state index in [0.717, 1.165) is 5.69 Å². The third-order valence-corrected chi connectivity index (χ3v) is 4.92. The molecule has 20 heavy (non-hydrogen) atoms. The van der Waals surface area contributed by atoms with E-state index in [0.29, 0.717) is 30.9 Å². The Labute approximate surface area is 118 Å². The van der Waals surface area contributed by atoms with Crippen LogP contribution in [-0.4, -0.2) is 45.5 Å². The average molecular weight is 297 g/mol. The number of carbonyl (C=O) groups is 1. The predicted molar refractivity (Wildman–Crippen MR) is 79.7 cm³/mol. The molecular formula is C13H19N3O3S. The van der Waals surface area contributed by atoms with Crippen molar-refractivity contribution < 1.29 is 13.2 Å². The molecule has 1 aliphatic heterocycles. The molecule has 1 amide bonds. The molecule has 0 unspecified atom stereocenters. The second kappa shape index (κ2) is 5.70. The lowest BCUT2D eigenvalue weighted by Gasteiger charge is -2.29. The van der Waals surface area contributed by atoms with Gasteiger partial charge in [0.2, 0.25) is 0 Å². The fraction of sp³-hybridized carbons (Fsp3) is 0.462. The summed E-state index contributed by atoms with van der Waals surface area (Å²) in [4.78, 5) is 13.7. The molecule has 0 bridgehead atoms. The standard InChI is InChI=1S/C13H19N3O3S/c1-2-15-13(17)10-3-4-12(11(14)9-10)16-5-7-20(18,19)8-6-16/h3-4,9H,2,5-8,14H2,1H3,(H,15,17). The molecule has 0 radical (unpaired) electrons. The molecular weight excluding hydrogens is 278 g/mol. The first-order chi connectivity index (χ1) is 9.43. The molecule has 2 rings (SSSR count). The molecule has 1 aliphatic rings. The van der Waals surface area contributed by atoms with Crippen LogP contribution < -0.4 is 16.0 Å². The number of hydrogen-bond acceptors (Lipinski definition) is 5. The Bertz CT molecular complexity index is 599. The molecule has 110 valence electrons. The number of nitrogens with two attached hydrogens (primary N) is 1. The molecule has 6 nitrogen and oxygen atoms in total.